The number of H-pyrrole nitrogens is 1. The van der Waals surface area contributed by atoms with Gasteiger partial charge in [0, 0.05) is 41.9 Å². The molecule has 194 valence electrons. The predicted octanol–water partition coefficient (Wildman–Crippen LogP) is 3.57. The third kappa shape index (κ3) is 6.04. The average molecular weight is 512 g/mol. The number of ether oxygens (including phenoxy) is 2. The molecule has 0 radical (unpaired) electrons. The van der Waals surface area contributed by atoms with E-state index in [2.05, 4.69) is 30.4 Å². The van der Waals surface area contributed by atoms with Gasteiger partial charge in [-0.1, -0.05) is 18.2 Å². The van der Waals surface area contributed by atoms with Gasteiger partial charge in [-0.15, -0.1) is 5.10 Å². The van der Waals surface area contributed by atoms with E-state index in [4.69, 9.17) is 9.47 Å². The molecule has 0 aliphatic heterocycles. The first-order valence-electron chi connectivity index (χ1n) is 12.4. The quantitative estimate of drug-likeness (QED) is 0.287. The number of aromatic nitrogens is 6. The SMILES string of the molecule is CCOc1ccc2[nH]c(=O)c(CN(Cc3cccnc3)Cc3nnnn3Cc3ccc(OC)cc3)cc2c1. The highest BCUT2D eigenvalue weighted by Gasteiger charge is 2.16. The zero-order valence-corrected chi connectivity index (χ0v) is 21.4. The monoisotopic (exact) mass is 511 g/mol. The molecule has 0 amide bonds. The Hall–Kier alpha value is -4.57. The van der Waals surface area contributed by atoms with Crippen molar-refractivity contribution in [2.24, 2.45) is 0 Å². The van der Waals surface area contributed by atoms with Gasteiger partial charge < -0.3 is 14.5 Å². The van der Waals surface area contributed by atoms with E-state index >= 15 is 0 Å². The van der Waals surface area contributed by atoms with Crippen molar-refractivity contribution < 1.29 is 9.47 Å². The largest absolute Gasteiger partial charge is 0.497 e. The number of benzene rings is 2. The van der Waals surface area contributed by atoms with E-state index in [-0.39, 0.29) is 5.56 Å². The van der Waals surface area contributed by atoms with Crippen LogP contribution in [0.25, 0.3) is 10.9 Å². The molecule has 0 fully saturated rings. The molecule has 3 aromatic heterocycles. The van der Waals surface area contributed by atoms with Crippen LogP contribution in [0.15, 0.2) is 77.9 Å². The van der Waals surface area contributed by atoms with Crippen LogP contribution < -0.4 is 15.0 Å². The summed E-state index contributed by atoms with van der Waals surface area (Å²) in [6, 6.07) is 19.3. The van der Waals surface area contributed by atoms with Crippen LogP contribution in [0.5, 0.6) is 11.5 Å². The maximum Gasteiger partial charge on any atom is 0.252 e. The minimum atomic E-state index is -0.129. The van der Waals surface area contributed by atoms with Gasteiger partial charge in [-0.05, 0) is 70.9 Å². The van der Waals surface area contributed by atoms with Gasteiger partial charge in [0.25, 0.3) is 5.56 Å². The number of fused-ring (bicyclic) bond motifs is 1. The molecule has 38 heavy (non-hydrogen) atoms. The highest BCUT2D eigenvalue weighted by Crippen LogP contribution is 2.21. The van der Waals surface area contributed by atoms with Gasteiger partial charge in [0.1, 0.15) is 11.5 Å². The third-order valence-electron chi connectivity index (χ3n) is 6.19. The minimum Gasteiger partial charge on any atom is -0.497 e. The van der Waals surface area contributed by atoms with Gasteiger partial charge in [-0.3, -0.25) is 14.7 Å². The molecule has 10 nitrogen and oxygen atoms in total. The minimum absolute atomic E-state index is 0.129. The summed E-state index contributed by atoms with van der Waals surface area (Å²) in [6.45, 7) is 4.44. The van der Waals surface area contributed by atoms with Crippen LogP contribution in [-0.2, 0) is 26.2 Å². The van der Waals surface area contributed by atoms with E-state index < -0.39 is 0 Å². The van der Waals surface area contributed by atoms with E-state index in [0.717, 1.165) is 33.5 Å². The zero-order valence-electron chi connectivity index (χ0n) is 21.4. The second-order valence-corrected chi connectivity index (χ2v) is 8.91. The van der Waals surface area contributed by atoms with Crippen LogP contribution in [0, 0.1) is 0 Å². The summed E-state index contributed by atoms with van der Waals surface area (Å²) >= 11 is 0. The molecule has 0 bridgehead atoms. The second-order valence-electron chi connectivity index (χ2n) is 8.91. The van der Waals surface area contributed by atoms with Crippen molar-refractivity contribution in [2.45, 2.75) is 33.1 Å². The molecule has 10 heteroatoms. The second kappa shape index (κ2) is 11.7. The summed E-state index contributed by atoms with van der Waals surface area (Å²) < 4.78 is 12.7. The van der Waals surface area contributed by atoms with Crippen LogP contribution in [0.1, 0.15) is 29.4 Å². The van der Waals surface area contributed by atoms with Gasteiger partial charge in [0.15, 0.2) is 5.82 Å². The molecule has 3 heterocycles. The van der Waals surface area contributed by atoms with Gasteiger partial charge in [-0.2, -0.15) is 0 Å². The summed E-state index contributed by atoms with van der Waals surface area (Å²) in [4.78, 5) is 22.4. The number of aromatic amines is 1. The fourth-order valence-electron chi connectivity index (χ4n) is 4.33. The van der Waals surface area contributed by atoms with E-state index in [9.17, 15) is 4.79 Å². The van der Waals surface area contributed by atoms with Crippen LogP contribution in [-0.4, -0.2) is 48.8 Å². The third-order valence-corrected chi connectivity index (χ3v) is 6.19. The van der Waals surface area contributed by atoms with Crippen LogP contribution in [0.3, 0.4) is 0 Å². The van der Waals surface area contributed by atoms with E-state index in [0.29, 0.717) is 44.2 Å². The number of pyridine rings is 2. The number of rotatable bonds is 11. The number of nitrogens with one attached hydrogen (secondary N) is 1. The lowest BCUT2D eigenvalue weighted by Crippen LogP contribution is -2.28. The molecule has 5 rings (SSSR count). The standard InChI is InChI=1S/C28H29N7O3/c1-3-38-25-10-11-26-22(14-25)13-23(28(36)30-26)18-34(16-21-5-4-12-29-15-21)19-27-31-32-33-35(27)17-20-6-8-24(37-2)9-7-20/h4-15H,3,16-19H2,1-2H3,(H,30,36). The molecule has 0 saturated heterocycles. The molecular formula is C28H29N7O3. The Morgan fingerprint density at radius 3 is 2.58 bits per heavy atom. The molecular weight excluding hydrogens is 482 g/mol. The van der Waals surface area contributed by atoms with Crippen molar-refractivity contribution in [3.63, 3.8) is 0 Å². The number of hydrogen-bond donors (Lipinski definition) is 1. The summed E-state index contributed by atoms with van der Waals surface area (Å²) in [6.07, 6.45) is 3.57. The molecule has 0 aliphatic carbocycles. The van der Waals surface area contributed by atoms with Crippen LogP contribution in [0.4, 0.5) is 0 Å². The van der Waals surface area contributed by atoms with Crippen molar-refractivity contribution in [1.29, 1.82) is 0 Å². The Bertz CT molecular complexity index is 1550. The first-order valence-corrected chi connectivity index (χ1v) is 12.4. The first kappa shape index (κ1) is 25.1. The highest BCUT2D eigenvalue weighted by molar-refractivity contribution is 5.80. The normalized spacial score (nSPS) is 11.2. The molecule has 0 saturated carbocycles. The zero-order chi connectivity index (χ0) is 26.3. The van der Waals surface area contributed by atoms with Crippen LogP contribution in [0.2, 0.25) is 0 Å². The molecule has 0 atom stereocenters. The smallest absolute Gasteiger partial charge is 0.252 e. The maximum absolute atomic E-state index is 13.0. The Morgan fingerprint density at radius 1 is 0.974 bits per heavy atom. The molecule has 0 spiro atoms. The summed E-state index contributed by atoms with van der Waals surface area (Å²) in [5.74, 6) is 2.26. The number of methoxy groups -OCH3 is 1. The molecule has 5 aromatic rings. The number of hydrogen-bond acceptors (Lipinski definition) is 8. The van der Waals surface area contributed by atoms with Crippen molar-refractivity contribution in [3.05, 3.63) is 106 Å². The van der Waals surface area contributed by atoms with Crippen molar-refractivity contribution in [3.8, 4) is 11.5 Å². The lowest BCUT2D eigenvalue weighted by Gasteiger charge is -2.22. The summed E-state index contributed by atoms with van der Waals surface area (Å²) in [5.41, 5.74) is 3.36. The van der Waals surface area contributed by atoms with E-state index in [1.165, 1.54) is 0 Å². The van der Waals surface area contributed by atoms with Gasteiger partial charge in [-0.25, -0.2) is 4.68 Å². The van der Waals surface area contributed by atoms with Crippen molar-refractivity contribution in [1.82, 2.24) is 35.1 Å². The molecule has 2 aromatic carbocycles. The lowest BCUT2D eigenvalue weighted by atomic mass is 10.1. The molecule has 0 unspecified atom stereocenters. The lowest BCUT2D eigenvalue weighted by molar-refractivity contribution is 0.235. The van der Waals surface area contributed by atoms with E-state index in [1.54, 1.807) is 18.0 Å². The molecule has 1 N–H and O–H groups in total. The average Bonchev–Trinajstić information content (AvgIpc) is 3.36. The number of nitrogens with zero attached hydrogens (tertiary/aromatic N) is 6. The first-order chi connectivity index (χ1) is 18.6. The fourth-order valence-corrected chi connectivity index (χ4v) is 4.33. The summed E-state index contributed by atoms with van der Waals surface area (Å²) in [7, 11) is 1.64. The van der Waals surface area contributed by atoms with Crippen molar-refractivity contribution in [2.75, 3.05) is 13.7 Å². The van der Waals surface area contributed by atoms with Gasteiger partial charge in [0.2, 0.25) is 0 Å². The van der Waals surface area contributed by atoms with Crippen LogP contribution >= 0.6 is 0 Å². The van der Waals surface area contributed by atoms with Gasteiger partial charge in [0.05, 0.1) is 26.8 Å². The Morgan fingerprint density at radius 2 is 1.82 bits per heavy atom. The van der Waals surface area contributed by atoms with E-state index in [1.807, 2.05) is 73.8 Å². The maximum atomic E-state index is 13.0. The Balaban J connectivity index is 1.42. The predicted molar refractivity (Wildman–Crippen MR) is 143 cm³/mol. The number of tetrazole rings is 1. The van der Waals surface area contributed by atoms with Gasteiger partial charge >= 0.3 is 0 Å². The highest BCUT2D eigenvalue weighted by atomic mass is 16.5. The Kier molecular flexibility index (Phi) is 7.70. The fraction of sp³-hybridized carbons (Fsp3) is 0.250. The van der Waals surface area contributed by atoms with Crippen molar-refractivity contribution >= 4 is 10.9 Å². The summed E-state index contributed by atoms with van der Waals surface area (Å²) in [5, 5.41) is 13.3. The topological polar surface area (TPSA) is 111 Å². The Labute approximate surface area is 219 Å². The molecule has 0 aliphatic rings.